The van der Waals surface area contributed by atoms with Gasteiger partial charge in [-0.2, -0.15) is 0 Å². The van der Waals surface area contributed by atoms with E-state index in [2.05, 4.69) is 4.72 Å². The summed E-state index contributed by atoms with van der Waals surface area (Å²) in [6.45, 7) is 0.499. The SMILES string of the molecule is O=S(=O)(NC[C@H]1COc2ccccc2O1)c1cccs1. The first-order chi connectivity index (χ1) is 9.65. The molecule has 0 saturated heterocycles. The van der Waals surface area contributed by atoms with Gasteiger partial charge in [0.2, 0.25) is 10.0 Å². The van der Waals surface area contributed by atoms with Gasteiger partial charge in [0.15, 0.2) is 11.5 Å². The highest BCUT2D eigenvalue weighted by molar-refractivity contribution is 7.91. The topological polar surface area (TPSA) is 64.6 Å². The first-order valence-electron chi connectivity index (χ1n) is 6.07. The molecule has 106 valence electrons. The largest absolute Gasteiger partial charge is 0.486 e. The second-order valence-electron chi connectivity index (χ2n) is 4.28. The smallest absolute Gasteiger partial charge is 0.250 e. The Kier molecular flexibility index (Phi) is 3.64. The Morgan fingerprint density at radius 1 is 1.20 bits per heavy atom. The minimum atomic E-state index is -3.46. The van der Waals surface area contributed by atoms with Gasteiger partial charge in [0.05, 0.1) is 6.54 Å². The van der Waals surface area contributed by atoms with Crippen LogP contribution in [0.3, 0.4) is 0 Å². The number of nitrogens with one attached hydrogen (secondary N) is 1. The fourth-order valence-corrected chi connectivity index (χ4v) is 3.96. The zero-order valence-corrected chi connectivity index (χ0v) is 12.1. The molecule has 2 aromatic rings. The Bertz CT molecular complexity index is 682. The summed E-state index contributed by atoms with van der Waals surface area (Å²) in [5, 5.41) is 1.73. The highest BCUT2D eigenvalue weighted by Crippen LogP contribution is 2.30. The van der Waals surface area contributed by atoms with Gasteiger partial charge in [-0.05, 0) is 23.6 Å². The molecule has 2 heterocycles. The number of rotatable bonds is 4. The van der Waals surface area contributed by atoms with Crippen molar-refractivity contribution in [3.8, 4) is 11.5 Å². The molecule has 0 fully saturated rings. The lowest BCUT2D eigenvalue weighted by molar-refractivity contribution is 0.0943. The van der Waals surface area contributed by atoms with E-state index in [9.17, 15) is 8.42 Å². The van der Waals surface area contributed by atoms with E-state index >= 15 is 0 Å². The zero-order valence-electron chi connectivity index (χ0n) is 10.5. The molecule has 5 nitrogen and oxygen atoms in total. The van der Waals surface area contributed by atoms with E-state index in [-0.39, 0.29) is 12.6 Å². The summed E-state index contributed by atoms with van der Waals surface area (Å²) in [6, 6.07) is 10.6. The van der Waals surface area contributed by atoms with Crippen LogP contribution in [0.25, 0.3) is 0 Å². The van der Waals surface area contributed by atoms with Crippen molar-refractivity contribution in [1.29, 1.82) is 0 Å². The number of benzene rings is 1. The Hall–Kier alpha value is -1.57. The van der Waals surface area contributed by atoms with Crippen molar-refractivity contribution in [2.45, 2.75) is 10.3 Å². The molecule has 0 unspecified atom stereocenters. The van der Waals surface area contributed by atoms with Crippen molar-refractivity contribution >= 4 is 21.4 Å². The van der Waals surface area contributed by atoms with E-state index in [1.54, 1.807) is 23.6 Å². The predicted octanol–water partition coefficient (Wildman–Crippen LogP) is 1.87. The van der Waals surface area contributed by atoms with Gasteiger partial charge in [0.1, 0.15) is 16.9 Å². The molecule has 0 saturated carbocycles. The Balaban J connectivity index is 1.63. The highest BCUT2D eigenvalue weighted by Gasteiger charge is 2.23. The molecule has 0 amide bonds. The Morgan fingerprint density at radius 3 is 2.75 bits per heavy atom. The van der Waals surface area contributed by atoms with Gasteiger partial charge in [0.25, 0.3) is 0 Å². The molecule has 1 N–H and O–H groups in total. The van der Waals surface area contributed by atoms with Crippen LogP contribution in [0.2, 0.25) is 0 Å². The summed E-state index contributed by atoms with van der Waals surface area (Å²) in [7, 11) is -3.46. The van der Waals surface area contributed by atoms with Crippen molar-refractivity contribution in [2.24, 2.45) is 0 Å². The molecular formula is C13H13NO4S2. The fraction of sp³-hybridized carbons (Fsp3) is 0.231. The molecule has 0 radical (unpaired) electrons. The average Bonchev–Trinajstić information content (AvgIpc) is 3.00. The lowest BCUT2D eigenvalue weighted by Gasteiger charge is -2.26. The van der Waals surface area contributed by atoms with Gasteiger partial charge < -0.3 is 9.47 Å². The fourth-order valence-electron chi connectivity index (χ4n) is 1.85. The van der Waals surface area contributed by atoms with Crippen molar-refractivity contribution in [3.05, 3.63) is 41.8 Å². The standard InChI is InChI=1S/C13H13NO4S2/c15-20(16,13-6-3-7-19-13)14-8-10-9-17-11-4-1-2-5-12(11)18-10/h1-7,10,14H,8-9H2/t10-/m0/s1. The van der Waals surface area contributed by atoms with E-state index in [0.29, 0.717) is 22.3 Å². The molecule has 7 heteroatoms. The second-order valence-corrected chi connectivity index (χ2v) is 7.22. The third kappa shape index (κ3) is 2.79. The first-order valence-corrected chi connectivity index (χ1v) is 8.43. The highest BCUT2D eigenvalue weighted by atomic mass is 32.2. The molecule has 0 aliphatic carbocycles. The molecule has 1 aliphatic heterocycles. The van der Waals surface area contributed by atoms with Gasteiger partial charge in [-0.15, -0.1) is 11.3 Å². The maximum Gasteiger partial charge on any atom is 0.250 e. The Morgan fingerprint density at radius 2 is 2.00 bits per heavy atom. The molecular weight excluding hydrogens is 298 g/mol. The van der Waals surface area contributed by atoms with Crippen LogP contribution < -0.4 is 14.2 Å². The molecule has 1 atom stereocenters. The number of sulfonamides is 1. The normalized spacial score (nSPS) is 17.9. The van der Waals surface area contributed by atoms with Crippen LogP contribution >= 0.6 is 11.3 Å². The summed E-state index contributed by atoms with van der Waals surface area (Å²) in [5.41, 5.74) is 0. The number of ether oxygens (including phenoxy) is 2. The number of thiophene rings is 1. The number of hydrogen-bond acceptors (Lipinski definition) is 5. The summed E-state index contributed by atoms with van der Waals surface area (Å²) >= 11 is 1.18. The maximum absolute atomic E-state index is 12.0. The summed E-state index contributed by atoms with van der Waals surface area (Å²) in [5.74, 6) is 1.32. The minimum absolute atomic E-state index is 0.175. The summed E-state index contributed by atoms with van der Waals surface area (Å²) < 4.78 is 38.0. The average molecular weight is 311 g/mol. The van der Waals surface area contributed by atoms with Crippen LogP contribution in [0.4, 0.5) is 0 Å². The monoisotopic (exact) mass is 311 g/mol. The molecule has 0 spiro atoms. The molecule has 1 aromatic heterocycles. The van der Waals surface area contributed by atoms with Gasteiger partial charge in [0, 0.05) is 0 Å². The molecule has 20 heavy (non-hydrogen) atoms. The lowest BCUT2D eigenvalue weighted by Crippen LogP contribution is -2.40. The summed E-state index contributed by atoms with van der Waals surface area (Å²) in [6.07, 6.45) is -0.334. The first kappa shape index (κ1) is 13.4. The molecule has 0 bridgehead atoms. The molecule has 1 aliphatic rings. The van der Waals surface area contributed by atoms with E-state index < -0.39 is 10.0 Å². The summed E-state index contributed by atoms with van der Waals surface area (Å²) in [4.78, 5) is 0. The second kappa shape index (κ2) is 5.43. The molecule has 1 aromatic carbocycles. The Labute approximate surface area is 121 Å². The van der Waals surface area contributed by atoms with E-state index in [0.717, 1.165) is 0 Å². The van der Waals surface area contributed by atoms with Gasteiger partial charge in [-0.3, -0.25) is 0 Å². The maximum atomic E-state index is 12.0. The van der Waals surface area contributed by atoms with E-state index in [1.165, 1.54) is 11.3 Å². The van der Waals surface area contributed by atoms with Gasteiger partial charge in [-0.1, -0.05) is 18.2 Å². The third-order valence-electron chi connectivity index (χ3n) is 2.83. The van der Waals surface area contributed by atoms with E-state index in [1.807, 2.05) is 18.2 Å². The van der Waals surface area contributed by atoms with Crippen LogP contribution in [0.1, 0.15) is 0 Å². The predicted molar refractivity (Wildman–Crippen MR) is 75.9 cm³/mol. The number of para-hydroxylation sites is 2. The zero-order chi connectivity index (χ0) is 14.0. The third-order valence-corrected chi connectivity index (χ3v) is 5.65. The van der Waals surface area contributed by atoms with Crippen LogP contribution in [-0.4, -0.2) is 27.7 Å². The molecule has 3 rings (SSSR count). The number of hydrogen-bond donors (Lipinski definition) is 1. The minimum Gasteiger partial charge on any atom is -0.486 e. The van der Waals surface area contributed by atoms with Crippen LogP contribution in [0.5, 0.6) is 11.5 Å². The van der Waals surface area contributed by atoms with Crippen molar-refractivity contribution in [1.82, 2.24) is 4.72 Å². The number of fused-ring (bicyclic) bond motifs is 1. The van der Waals surface area contributed by atoms with E-state index in [4.69, 9.17) is 9.47 Å². The van der Waals surface area contributed by atoms with Gasteiger partial charge >= 0.3 is 0 Å². The van der Waals surface area contributed by atoms with Crippen LogP contribution in [0, 0.1) is 0 Å². The quantitative estimate of drug-likeness (QED) is 0.936. The lowest BCUT2D eigenvalue weighted by atomic mass is 10.2. The van der Waals surface area contributed by atoms with Gasteiger partial charge in [-0.25, -0.2) is 13.1 Å². The van der Waals surface area contributed by atoms with Crippen LogP contribution in [0.15, 0.2) is 46.0 Å². The van der Waals surface area contributed by atoms with Crippen molar-refractivity contribution in [2.75, 3.05) is 13.2 Å². The van der Waals surface area contributed by atoms with Crippen LogP contribution in [-0.2, 0) is 10.0 Å². The van der Waals surface area contributed by atoms with Crippen molar-refractivity contribution < 1.29 is 17.9 Å². The van der Waals surface area contributed by atoms with Crippen molar-refractivity contribution in [3.63, 3.8) is 0 Å².